The van der Waals surface area contributed by atoms with Gasteiger partial charge in [0.15, 0.2) is 17.5 Å². The molecule has 0 fully saturated rings. The first kappa shape index (κ1) is 23.1. The van der Waals surface area contributed by atoms with Gasteiger partial charge in [0, 0.05) is 19.6 Å². The first-order valence-corrected chi connectivity index (χ1v) is 10.1. The molecule has 0 aliphatic heterocycles. The molecule has 0 saturated heterocycles. The monoisotopic (exact) mass is 378 g/mol. The highest BCUT2D eigenvalue weighted by molar-refractivity contribution is 5.79. The van der Waals surface area contributed by atoms with Crippen LogP contribution in [0.5, 0.6) is 11.5 Å². The van der Waals surface area contributed by atoms with Crippen molar-refractivity contribution in [1.29, 1.82) is 0 Å². The number of nitrogens with zero attached hydrogens (tertiary/aromatic N) is 2. The van der Waals surface area contributed by atoms with E-state index in [-0.39, 0.29) is 0 Å². The zero-order valence-electron chi connectivity index (χ0n) is 18.0. The van der Waals surface area contributed by atoms with Gasteiger partial charge in [0.1, 0.15) is 6.61 Å². The maximum absolute atomic E-state index is 5.92. The Kier molecular flexibility index (Phi) is 11.3. The molecule has 2 N–H and O–H groups in total. The fourth-order valence-corrected chi connectivity index (χ4v) is 2.57. The molecule has 0 aliphatic carbocycles. The molecule has 0 bridgehead atoms. The van der Waals surface area contributed by atoms with Crippen molar-refractivity contribution < 1.29 is 9.47 Å². The highest BCUT2D eigenvalue weighted by Crippen LogP contribution is 2.28. The Labute approximate surface area is 165 Å². The van der Waals surface area contributed by atoms with E-state index in [9.17, 15) is 0 Å². The van der Waals surface area contributed by atoms with Gasteiger partial charge in [0.05, 0.1) is 13.7 Å². The van der Waals surface area contributed by atoms with Crippen LogP contribution in [0.25, 0.3) is 0 Å². The predicted molar refractivity (Wildman–Crippen MR) is 114 cm³/mol. The van der Waals surface area contributed by atoms with Crippen LogP contribution in [0.1, 0.15) is 40.2 Å². The number of hydrogen-bond donors (Lipinski definition) is 2. The zero-order chi connectivity index (χ0) is 20.1. The van der Waals surface area contributed by atoms with Gasteiger partial charge < -0.3 is 25.0 Å². The molecule has 0 spiro atoms. The quantitative estimate of drug-likeness (QED) is 0.432. The number of methoxy groups -OCH3 is 1. The van der Waals surface area contributed by atoms with Gasteiger partial charge in [-0.25, -0.2) is 4.99 Å². The zero-order valence-corrected chi connectivity index (χ0v) is 18.0. The van der Waals surface area contributed by atoms with Gasteiger partial charge in [-0.05, 0) is 43.6 Å². The van der Waals surface area contributed by atoms with Gasteiger partial charge in [0.25, 0.3) is 0 Å². The molecule has 6 nitrogen and oxygen atoms in total. The van der Waals surface area contributed by atoms with Crippen LogP contribution in [-0.4, -0.2) is 57.3 Å². The Hall–Kier alpha value is -1.95. The Bertz CT molecular complexity index is 557. The van der Waals surface area contributed by atoms with E-state index in [4.69, 9.17) is 9.47 Å². The van der Waals surface area contributed by atoms with Gasteiger partial charge in [-0.2, -0.15) is 0 Å². The number of benzene rings is 1. The standard InChI is InChI=1S/C21H38N4O2/c1-7-22-21(23-15-17(4)5)24-16-18-10-11-19(20(14-18)26-6)27-13-12-25(8-2)9-3/h10-11,14,17H,7-9,12-13,15-16H2,1-6H3,(H2,22,23,24). The van der Waals surface area contributed by atoms with Gasteiger partial charge in [0.2, 0.25) is 0 Å². The van der Waals surface area contributed by atoms with Crippen molar-refractivity contribution in [1.82, 2.24) is 15.5 Å². The van der Waals surface area contributed by atoms with E-state index in [0.717, 1.165) is 55.7 Å². The average Bonchev–Trinajstić information content (AvgIpc) is 2.67. The molecule has 27 heavy (non-hydrogen) atoms. The third kappa shape index (κ3) is 9.00. The molecule has 0 unspecified atom stereocenters. The summed E-state index contributed by atoms with van der Waals surface area (Å²) in [4.78, 5) is 6.99. The third-order valence-corrected chi connectivity index (χ3v) is 4.23. The van der Waals surface area contributed by atoms with E-state index in [1.165, 1.54) is 0 Å². The lowest BCUT2D eigenvalue weighted by molar-refractivity contribution is 0.217. The summed E-state index contributed by atoms with van der Waals surface area (Å²) in [5.74, 6) is 2.94. The Morgan fingerprint density at radius 3 is 2.44 bits per heavy atom. The van der Waals surface area contributed by atoms with Gasteiger partial charge in [-0.3, -0.25) is 0 Å². The van der Waals surface area contributed by atoms with Crippen LogP contribution in [0.15, 0.2) is 23.2 Å². The van der Waals surface area contributed by atoms with E-state index in [1.807, 2.05) is 18.2 Å². The van der Waals surface area contributed by atoms with E-state index in [0.29, 0.717) is 19.1 Å². The summed E-state index contributed by atoms with van der Waals surface area (Å²) in [6.07, 6.45) is 0. The van der Waals surface area contributed by atoms with Crippen molar-refractivity contribution in [2.45, 2.75) is 41.2 Å². The second-order valence-electron chi connectivity index (χ2n) is 6.83. The van der Waals surface area contributed by atoms with Crippen LogP contribution >= 0.6 is 0 Å². The van der Waals surface area contributed by atoms with Crippen molar-refractivity contribution in [3.63, 3.8) is 0 Å². The average molecular weight is 379 g/mol. The molecule has 1 aromatic carbocycles. The number of hydrogen-bond acceptors (Lipinski definition) is 4. The molecule has 0 saturated carbocycles. The molecule has 0 aromatic heterocycles. The van der Waals surface area contributed by atoms with Crippen molar-refractivity contribution in [2.24, 2.45) is 10.9 Å². The van der Waals surface area contributed by atoms with E-state index in [1.54, 1.807) is 7.11 Å². The van der Waals surface area contributed by atoms with Crippen LogP contribution in [0.4, 0.5) is 0 Å². The summed E-state index contributed by atoms with van der Waals surface area (Å²) in [5.41, 5.74) is 1.09. The molecule has 0 radical (unpaired) electrons. The molecule has 0 amide bonds. The Morgan fingerprint density at radius 2 is 1.85 bits per heavy atom. The van der Waals surface area contributed by atoms with Gasteiger partial charge >= 0.3 is 0 Å². The predicted octanol–water partition coefficient (Wildman–Crippen LogP) is 3.13. The number of guanidine groups is 1. The normalized spacial score (nSPS) is 11.8. The van der Waals surface area contributed by atoms with Crippen molar-refractivity contribution in [3.8, 4) is 11.5 Å². The van der Waals surface area contributed by atoms with Crippen LogP contribution in [-0.2, 0) is 6.54 Å². The smallest absolute Gasteiger partial charge is 0.191 e. The molecule has 0 heterocycles. The minimum Gasteiger partial charge on any atom is -0.493 e. The van der Waals surface area contributed by atoms with E-state index >= 15 is 0 Å². The lowest BCUT2D eigenvalue weighted by atomic mass is 10.2. The lowest BCUT2D eigenvalue weighted by Gasteiger charge is -2.19. The van der Waals surface area contributed by atoms with Crippen molar-refractivity contribution in [2.75, 3.05) is 46.4 Å². The summed E-state index contributed by atoms with van der Waals surface area (Å²) < 4.78 is 11.4. The fourth-order valence-electron chi connectivity index (χ4n) is 2.57. The minimum absolute atomic E-state index is 0.571. The number of likely N-dealkylation sites (N-methyl/N-ethyl adjacent to an activating group) is 1. The topological polar surface area (TPSA) is 58.1 Å². The maximum Gasteiger partial charge on any atom is 0.191 e. The van der Waals surface area contributed by atoms with Crippen LogP contribution in [0, 0.1) is 5.92 Å². The first-order valence-electron chi connectivity index (χ1n) is 10.1. The number of ether oxygens (including phenoxy) is 2. The fraction of sp³-hybridized carbons (Fsp3) is 0.667. The van der Waals surface area contributed by atoms with Gasteiger partial charge in [-0.1, -0.05) is 33.8 Å². The molecule has 0 aliphatic rings. The molecule has 154 valence electrons. The number of aliphatic imine (C=N–C) groups is 1. The summed E-state index contributed by atoms with van der Waals surface area (Å²) in [5, 5.41) is 6.63. The van der Waals surface area contributed by atoms with Gasteiger partial charge in [-0.15, -0.1) is 0 Å². The molecular formula is C21H38N4O2. The van der Waals surface area contributed by atoms with Crippen LogP contribution in [0.2, 0.25) is 0 Å². The first-order chi connectivity index (χ1) is 13.0. The Morgan fingerprint density at radius 1 is 1.11 bits per heavy atom. The van der Waals surface area contributed by atoms with Crippen LogP contribution < -0.4 is 20.1 Å². The molecule has 0 atom stereocenters. The summed E-state index contributed by atoms with van der Waals surface area (Å²) in [6, 6.07) is 6.02. The number of nitrogens with one attached hydrogen (secondary N) is 2. The van der Waals surface area contributed by atoms with E-state index < -0.39 is 0 Å². The summed E-state index contributed by atoms with van der Waals surface area (Å²) in [6.45, 7) is 16.7. The maximum atomic E-state index is 5.92. The summed E-state index contributed by atoms with van der Waals surface area (Å²) >= 11 is 0. The third-order valence-electron chi connectivity index (χ3n) is 4.23. The van der Waals surface area contributed by atoms with E-state index in [2.05, 4.69) is 55.1 Å². The largest absolute Gasteiger partial charge is 0.493 e. The minimum atomic E-state index is 0.571. The second-order valence-corrected chi connectivity index (χ2v) is 6.83. The second kappa shape index (κ2) is 13.3. The molecular weight excluding hydrogens is 340 g/mol. The number of rotatable bonds is 12. The van der Waals surface area contributed by atoms with Crippen molar-refractivity contribution in [3.05, 3.63) is 23.8 Å². The highest BCUT2D eigenvalue weighted by Gasteiger charge is 2.07. The Balaban J connectivity index is 2.70. The SMILES string of the molecule is CCNC(=NCc1ccc(OCCN(CC)CC)c(OC)c1)NCC(C)C. The lowest BCUT2D eigenvalue weighted by Crippen LogP contribution is -2.39. The molecule has 1 aromatic rings. The summed E-state index contributed by atoms with van der Waals surface area (Å²) in [7, 11) is 1.67. The highest BCUT2D eigenvalue weighted by atomic mass is 16.5. The molecule has 6 heteroatoms. The van der Waals surface area contributed by atoms with Crippen LogP contribution in [0.3, 0.4) is 0 Å². The van der Waals surface area contributed by atoms with Crippen molar-refractivity contribution >= 4 is 5.96 Å². The molecule has 1 rings (SSSR count).